The minimum atomic E-state index is -0.287. The molecule has 0 fully saturated rings. The number of aromatic nitrogens is 2. The van der Waals surface area contributed by atoms with Crippen LogP contribution in [0.4, 0.5) is 11.4 Å². The maximum absolute atomic E-state index is 12.5. The number of ether oxygens (including phenoxy) is 1. The van der Waals surface area contributed by atoms with Gasteiger partial charge in [0.05, 0.1) is 22.9 Å². The number of amides is 1. The number of carbonyl (C=O) groups is 1. The highest BCUT2D eigenvalue weighted by Gasteiger charge is 2.17. The van der Waals surface area contributed by atoms with Crippen molar-refractivity contribution in [2.24, 2.45) is 0 Å². The normalized spacial score (nSPS) is 12.0. The Labute approximate surface area is 163 Å². The number of nitrogens with one attached hydrogen (secondary N) is 2. The first kappa shape index (κ1) is 19.1. The van der Waals surface area contributed by atoms with Crippen LogP contribution in [-0.2, 0) is 4.79 Å². The predicted molar refractivity (Wildman–Crippen MR) is 112 cm³/mol. The van der Waals surface area contributed by atoms with Gasteiger partial charge in [-0.2, -0.15) is 0 Å². The highest BCUT2D eigenvalue weighted by atomic mass is 32.2. The Kier molecular flexibility index (Phi) is 5.91. The molecule has 2 aromatic carbocycles. The van der Waals surface area contributed by atoms with E-state index in [2.05, 4.69) is 15.3 Å². The van der Waals surface area contributed by atoms with Crippen molar-refractivity contribution in [2.45, 2.75) is 24.3 Å². The first-order valence-corrected chi connectivity index (χ1v) is 9.71. The lowest BCUT2D eigenvalue weighted by atomic mass is 10.2. The highest BCUT2D eigenvalue weighted by molar-refractivity contribution is 8.00. The number of H-pyrrole nitrogens is 1. The van der Waals surface area contributed by atoms with E-state index in [0.717, 1.165) is 28.2 Å². The molecule has 2 N–H and O–H groups in total. The van der Waals surface area contributed by atoms with E-state index >= 15 is 0 Å². The van der Waals surface area contributed by atoms with Crippen molar-refractivity contribution in [2.75, 3.05) is 30.9 Å². The van der Waals surface area contributed by atoms with Crippen molar-refractivity contribution in [3.63, 3.8) is 0 Å². The number of anilines is 2. The third-order valence-corrected chi connectivity index (χ3v) is 5.04. The third kappa shape index (κ3) is 4.74. The molecular weight excluding hydrogens is 360 g/mol. The van der Waals surface area contributed by atoms with Crippen molar-refractivity contribution in [3.05, 3.63) is 42.5 Å². The van der Waals surface area contributed by atoms with E-state index in [1.807, 2.05) is 75.3 Å². The van der Waals surface area contributed by atoms with Crippen LogP contribution in [0.3, 0.4) is 0 Å². The predicted octanol–water partition coefficient (Wildman–Crippen LogP) is 4.15. The van der Waals surface area contributed by atoms with E-state index in [1.54, 1.807) is 0 Å². The third-order valence-electron chi connectivity index (χ3n) is 4.05. The zero-order valence-electron chi connectivity index (χ0n) is 15.9. The minimum Gasteiger partial charge on any atom is -0.494 e. The lowest BCUT2D eigenvalue weighted by Crippen LogP contribution is -2.22. The van der Waals surface area contributed by atoms with Gasteiger partial charge in [0, 0.05) is 31.5 Å². The van der Waals surface area contributed by atoms with Gasteiger partial charge in [-0.15, -0.1) is 0 Å². The number of benzene rings is 2. The SMILES string of the molecule is CCOc1ccc2nc(SC(C)C(=O)Nc3ccc(N(C)C)cc3)[nH]c2c1. The number of thioether (sulfide) groups is 1. The lowest BCUT2D eigenvalue weighted by Gasteiger charge is -2.14. The van der Waals surface area contributed by atoms with Gasteiger partial charge in [-0.05, 0) is 50.2 Å². The summed E-state index contributed by atoms with van der Waals surface area (Å²) in [6, 6.07) is 13.5. The summed E-state index contributed by atoms with van der Waals surface area (Å²) in [7, 11) is 3.97. The molecule has 0 aliphatic rings. The van der Waals surface area contributed by atoms with Gasteiger partial charge in [-0.25, -0.2) is 4.98 Å². The van der Waals surface area contributed by atoms with E-state index in [-0.39, 0.29) is 11.2 Å². The van der Waals surface area contributed by atoms with Gasteiger partial charge in [0.1, 0.15) is 5.75 Å². The quantitative estimate of drug-likeness (QED) is 0.599. The number of fused-ring (bicyclic) bond motifs is 1. The summed E-state index contributed by atoms with van der Waals surface area (Å²) in [6.07, 6.45) is 0. The maximum atomic E-state index is 12.5. The molecule has 0 aliphatic heterocycles. The van der Waals surface area contributed by atoms with Gasteiger partial charge in [0.25, 0.3) is 0 Å². The van der Waals surface area contributed by atoms with Crippen LogP contribution >= 0.6 is 11.8 Å². The largest absolute Gasteiger partial charge is 0.494 e. The highest BCUT2D eigenvalue weighted by Crippen LogP contribution is 2.26. The first-order valence-electron chi connectivity index (χ1n) is 8.83. The zero-order chi connectivity index (χ0) is 19.4. The summed E-state index contributed by atoms with van der Waals surface area (Å²) in [5.41, 5.74) is 3.62. The molecule has 1 aromatic heterocycles. The standard InChI is InChI=1S/C20H24N4O2S/c1-5-26-16-10-11-17-18(12-16)23-20(22-17)27-13(2)19(25)21-14-6-8-15(9-7-14)24(3)4/h6-13H,5H2,1-4H3,(H,21,25)(H,22,23). The Balaban J connectivity index is 1.64. The zero-order valence-corrected chi connectivity index (χ0v) is 16.8. The molecule has 7 heteroatoms. The Morgan fingerprint density at radius 3 is 2.67 bits per heavy atom. The fourth-order valence-electron chi connectivity index (χ4n) is 2.59. The number of hydrogen-bond donors (Lipinski definition) is 2. The average molecular weight is 385 g/mol. The van der Waals surface area contributed by atoms with Crippen LogP contribution < -0.4 is 15.0 Å². The molecule has 0 aliphatic carbocycles. The van der Waals surface area contributed by atoms with Gasteiger partial charge < -0.3 is 19.9 Å². The Morgan fingerprint density at radius 2 is 2.00 bits per heavy atom. The summed E-state index contributed by atoms with van der Waals surface area (Å²) in [5, 5.41) is 3.37. The van der Waals surface area contributed by atoms with Crippen molar-refractivity contribution in [1.29, 1.82) is 0 Å². The molecule has 1 atom stereocenters. The van der Waals surface area contributed by atoms with Crippen LogP contribution in [0, 0.1) is 0 Å². The second-order valence-corrected chi connectivity index (χ2v) is 7.67. The molecule has 0 bridgehead atoms. The number of imidazole rings is 1. The van der Waals surface area contributed by atoms with Gasteiger partial charge in [-0.3, -0.25) is 4.79 Å². The number of rotatable bonds is 7. The minimum absolute atomic E-state index is 0.0620. The molecular formula is C20H24N4O2S. The monoisotopic (exact) mass is 384 g/mol. The van der Waals surface area contributed by atoms with Crippen LogP contribution in [0.1, 0.15) is 13.8 Å². The van der Waals surface area contributed by atoms with Crippen LogP contribution in [0.15, 0.2) is 47.6 Å². The molecule has 1 unspecified atom stereocenters. The number of hydrogen-bond acceptors (Lipinski definition) is 5. The molecule has 1 amide bonds. The average Bonchev–Trinajstić information content (AvgIpc) is 3.03. The van der Waals surface area contributed by atoms with Crippen LogP contribution in [-0.4, -0.2) is 41.8 Å². The Bertz CT molecular complexity index is 921. The summed E-state index contributed by atoms with van der Waals surface area (Å²) in [5.74, 6) is 0.741. The number of aromatic amines is 1. The van der Waals surface area contributed by atoms with Crippen molar-refractivity contribution >= 4 is 40.1 Å². The molecule has 6 nitrogen and oxygen atoms in total. The van der Waals surface area contributed by atoms with Crippen LogP contribution in [0.25, 0.3) is 11.0 Å². The first-order chi connectivity index (χ1) is 13.0. The Morgan fingerprint density at radius 1 is 1.26 bits per heavy atom. The maximum Gasteiger partial charge on any atom is 0.237 e. The van der Waals surface area contributed by atoms with Crippen molar-refractivity contribution < 1.29 is 9.53 Å². The van der Waals surface area contributed by atoms with Crippen LogP contribution in [0.5, 0.6) is 5.75 Å². The molecule has 0 saturated heterocycles. The molecule has 0 saturated carbocycles. The second kappa shape index (κ2) is 8.35. The second-order valence-electron chi connectivity index (χ2n) is 6.34. The smallest absolute Gasteiger partial charge is 0.237 e. The van der Waals surface area contributed by atoms with Gasteiger partial charge in [-0.1, -0.05) is 11.8 Å². The topological polar surface area (TPSA) is 70.2 Å². The van der Waals surface area contributed by atoms with E-state index < -0.39 is 0 Å². The molecule has 142 valence electrons. The van der Waals surface area contributed by atoms with Gasteiger partial charge in [0.2, 0.25) is 5.91 Å². The summed E-state index contributed by atoms with van der Waals surface area (Å²) in [4.78, 5) is 22.3. The fourth-order valence-corrected chi connectivity index (χ4v) is 3.41. The van der Waals surface area contributed by atoms with Crippen LogP contribution in [0.2, 0.25) is 0 Å². The Hall–Kier alpha value is -2.67. The molecule has 3 rings (SSSR count). The molecule has 27 heavy (non-hydrogen) atoms. The van der Waals surface area contributed by atoms with E-state index in [1.165, 1.54) is 11.8 Å². The molecule has 1 heterocycles. The molecule has 3 aromatic rings. The summed E-state index contributed by atoms with van der Waals surface area (Å²) < 4.78 is 5.51. The van der Waals surface area contributed by atoms with E-state index in [9.17, 15) is 4.79 Å². The summed E-state index contributed by atoms with van der Waals surface area (Å²) >= 11 is 1.40. The van der Waals surface area contributed by atoms with E-state index in [4.69, 9.17) is 4.74 Å². The van der Waals surface area contributed by atoms with Gasteiger partial charge in [0.15, 0.2) is 5.16 Å². The molecule has 0 radical (unpaired) electrons. The number of carbonyl (C=O) groups excluding carboxylic acids is 1. The van der Waals surface area contributed by atoms with Crippen molar-refractivity contribution in [1.82, 2.24) is 9.97 Å². The fraction of sp³-hybridized carbons (Fsp3) is 0.300. The summed E-state index contributed by atoms with van der Waals surface area (Å²) in [6.45, 7) is 4.44. The van der Waals surface area contributed by atoms with Crippen molar-refractivity contribution in [3.8, 4) is 5.75 Å². The lowest BCUT2D eigenvalue weighted by molar-refractivity contribution is -0.115. The van der Waals surface area contributed by atoms with E-state index in [0.29, 0.717) is 11.8 Å². The molecule has 0 spiro atoms. The van der Waals surface area contributed by atoms with Gasteiger partial charge >= 0.3 is 0 Å². The number of nitrogens with zero attached hydrogens (tertiary/aromatic N) is 2.